The van der Waals surface area contributed by atoms with Crippen LogP contribution in [0, 0.1) is 5.82 Å². The zero-order chi connectivity index (χ0) is 13.5. The van der Waals surface area contributed by atoms with Crippen LogP contribution in [-0.2, 0) is 16.1 Å². The fraction of sp³-hybridized carbons (Fsp3) is 0.462. The predicted molar refractivity (Wildman–Crippen MR) is 67.3 cm³/mol. The first-order valence-corrected chi connectivity index (χ1v) is 5.79. The molecule has 0 fully saturated rings. The number of benzene rings is 1. The number of rotatable bonds is 6. The number of hydrogen-bond acceptors (Lipinski definition) is 3. The topological polar surface area (TPSA) is 55.6 Å². The highest BCUT2D eigenvalue weighted by Crippen LogP contribution is 2.09. The maximum absolute atomic E-state index is 13.4. The third-order valence-electron chi connectivity index (χ3n) is 2.69. The van der Waals surface area contributed by atoms with Crippen molar-refractivity contribution in [1.82, 2.24) is 4.90 Å². The van der Waals surface area contributed by atoms with Crippen molar-refractivity contribution in [3.05, 3.63) is 35.6 Å². The lowest BCUT2D eigenvalue weighted by Gasteiger charge is -2.21. The van der Waals surface area contributed by atoms with Gasteiger partial charge in [-0.3, -0.25) is 4.79 Å². The molecule has 5 heteroatoms. The average Bonchev–Trinajstić information content (AvgIpc) is 2.37. The van der Waals surface area contributed by atoms with Crippen LogP contribution in [0.15, 0.2) is 24.3 Å². The van der Waals surface area contributed by atoms with E-state index in [1.807, 2.05) is 0 Å². The minimum Gasteiger partial charge on any atom is -0.385 e. The van der Waals surface area contributed by atoms with Crippen LogP contribution >= 0.6 is 0 Å². The Bertz CT molecular complexity index is 398. The standard InChI is InChI=1S/C13H19FN2O2/c1-16(13(17)12(15)7-8-18-2)9-10-5-3-4-6-11(10)14/h3-6,12H,7-9,15H2,1-2H3. The van der Waals surface area contributed by atoms with Crippen molar-refractivity contribution in [2.24, 2.45) is 5.73 Å². The molecule has 0 heterocycles. The monoisotopic (exact) mass is 254 g/mol. The molecule has 0 radical (unpaired) electrons. The number of hydrogen-bond donors (Lipinski definition) is 1. The quantitative estimate of drug-likeness (QED) is 0.828. The van der Waals surface area contributed by atoms with Crippen LogP contribution in [0.3, 0.4) is 0 Å². The fourth-order valence-corrected chi connectivity index (χ4v) is 1.61. The summed E-state index contributed by atoms with van der Waals surface area (Å²) in [5.41, 5.74) is 6.21. The van der Waals surface area contributed by atoms with E-state index in [9.17, 15) is 9.18 Å². The van der Waals surface area contributed by atoms with Gasteiger partial charge < -0.3 is 15.4 Å². The van der Waals surface area contributed by atoms with Crippen molar-refractivity contribution in [2.45, 2.75) is 19.0 Å². The van der Waals surface area contributed by atoms with Crippen LogP contribution in [-0.4, -0.2) is 37.6 Å². The highest BCUT2D eigenvalue weighted by molar-refractivity contribution is 5.81. The summed E-state index contributed by atoms with van der Waals surface area (Å²) >= 11 is 0. The van der Waals surface area contributed by atoms with Gasteiger partial charge in [0.1, 0.15) is 5.82 Å². The molecule has 0 bridgehead atoms. The summed E-state index contributed by atoms with van der Waals surface area (Å²) in [5.74, 6) is -0.530. The second-order valence-corrected chi connectivity index (χ2v) is 4.17. The Hall–Kier alpha value is -1.46. The summed E-state index contributed by atoms with van der Waals surface area (Å²) < 4.78 is 18.3. The molecular formula is C13H19FN2O2. The van der Waals surface area contributed by atoms with Gasteiger partial charge >= 0.3 is 0 Å². The Balaban J connectivity index is 2.57. The smallest absolute Gasteiger partial charge is 0.239 e. The number of methoxy groups -OCH3 is 1. The molecule has 1 atom stereocenters. The van der Waals surface area contributed by atoms with Crippen LogP contribution in [0.1, 0.15) is 12.0 Å². The maximum Gasteiger partial charge on any atom is 0.239 e. The molecule has 1 amide bonds. The van der Waals surface area contributed by atoms with Gasteiger partial charge in [0, 0.05) is 32.9 Å². The molecule has 100 valence electrons. The fourth-order valence-electron chi connectivity index (χ4n) is 1.61. The molecule has 1 unspecified atom stereocenters. The van der Waals surface area contributed by atoms with E-state index in [0.29, 0.717) is 18.6 Å². The first-order valence-electron chi connectivity index (χ1n) is 5.79. The van der Waals surface area contributed by atoms with Crippen molar-refractivity contribution in [3.63, 3.8) is 0 Å². The number of likely N-dealkylation sites (N-methyl/N-ethyl adjacent to an activating group) is 1. The summed E-state index contributed by atoms with van der Waals surface area (Å²) in [7, 11) is 3.17. The van der Waals surface area contributed by atoms with E-state index in [0.717, 1.165) is 0 Å². The lowest BCUT2D eigenvalue weighted by Crippen LogP contribution is -2.42. The van der Waals surface area contributed by atoms with Gasteiger partial charge in [0.25, 0.3) is 0 Å². The normalized spacial score (nSPS) is 12.2. The number of carbonyl (C=O) groups is 1. The summed E-state index contributed by atoms with van der Waals surface area (Å²) in [4.78, 5) is 13.3. The summed E-state index contributed by atoms with van der Waals surface area (Å²) in [5, 5.41) is 0. The van der Waals surface area contributed by atoms with E-state index < -0.39 is 6.04 Å². The average molecular weight is 254 g/mol. The molecule has 18 heavy (non-hydrogen) atoms. The van der Waals surface area contributed by atoms with Crippen molar-refractivity contribution in [1.29, 1.82) is 0 Å². The first kappa shape index (κ1) is 14.6. The molecule has 0 saturated carbocycles. The first-order chi connectivity index (χ1) is 8.56. The van der Waals surface area contributed by atoms with E-state index in [1.165, 1.54) is 11.0 Å². The molecule has 0 spiro atoms. The van der Waals surface area contributed by atoms with Crippen molar-refractivity contribution >= 4 is 5.91 Å². The molecule has 0 aliphatic carbocycles. The van der Waals surface area contributed by atoms with Gasteiger partial charge in [-0.15, -0.1) is 0 Å². The number of amides is 1. The minimum absolute atomic E-state index is 0.213. The Kier molecular flexibility index (Phi) is 5.74. The van der Waals surface area contributed by atoms with E-state index in [-0.39, 0.29) is 18.3 Å². The van der Waals surface area contributed by atoms with Crippen LogP contribution < -0.4 is 5.73 Å². The zero-order valence-corrected chi connectivity index (χ0v) is 10.7. The number of carbonyl (C=O) groups excluding carboxylic acids is 1. The summed E-state index contributed by atoms with van der Waals surface area (Å²) in [6, 6.07) is 5.77. The Labute approximate surface area is 107 Å². The third-order valence-corrected chi connectivity index (χ3v) is 2.69. The second kappa shape index (κ2) is 7.08. The van der Waals surface area contributed by atoms with Crippen molar-refractivity contribution in [3.8, 4) is 0 Å². The maximum atomic E-state index is 13.4. The SMILES string of the molecule is COCCC(N)C(=O)N(C)Cc1ccccc1F. The molecule has 1 aromatic rings. The molecule has 4 nitrogen and oxygen atoms in total. The number of halogens is 1. The predicted octanol–water partition coefficient (Wildman–Crippen LogP) is 1.15. The molecule has 0 aliphatic rings. The lowest BCUT2D eigenvalue weighted by molar-refractivity contribution is -0.132. The highest BCUT2D eigenvalue weighted by atomic mass is 19.1. The third kappa shape index (κ3) is 4.09. The van der Waals surface area contributed by atoms with Gasteiger partial charge in [-0.05, 0) is 12.5 Å². The van der Waals surface area contributed by atoms with Gasteiger partial charge in [0.2, 0.25) is 5.91 Å². The van der Waals surface area contributed by atoms with E-state index in [1.54, 1.807) is 32.4 Å². The van der Waals surface area contributed by atoms with E-state index in [4.69, 9.17) is 10.5 Å². The van der Waals surface area contributed by atoms with Gasteiger partial charge in [-0.1, -0.05) is 18.2 Å². The van der Waals surface area contributed by atoms with Crippen LogP contribution in [0.2, 0.25) is 0 Å². The molecular weight excluding hydrogens is 235 g/mol. The Morgan fingerprint density at radius 1 is 1.50 bits per heavy atom. The van der Waals surface area contributed by atoms with Crippen molar-refractivity contribution < 1.29 is 13.9 Å². The number of ether oxygens (including phenoxy) is 1. The number of nitrogens with two attached hydrogens (primary N) is 1. The van der Waals surface area contributed by atoms with Gasteiger partial charge in [-0.2, -0.15) is 0 Å². The second-order valence-electron chi connectivity index (χ2n) is 4.17. The summed E-state index contributed by atoms with van der Waals surface area (Å²) in [6.45, 7) is 0.645. The lowest BCUT2D eigenvalue weighted by atomic mass is 10.1. The van der Waals surface area contributed by atoms with Gasteiger partial charge in [0.15, 0.2) is 0 Å². The van der Waals surface area contributed by atoms with E-state index >= 15 is 0 Å². The van der Waals surface area contributed by atoms with E-state index in [2.05, 4.69) is 0 Å². The largest absolute Gasteiger partial charge is 0.385 e. The molecule has 1 rings (SSSR count). The Morgan fingerprint density at radius 2 is 2.17 bits per heavy atom. The molecule has 1 aromatic carbocycles. The van der Waals surface area contributed by atoms with Gasteiger partial charge in [0.05, 0.1) is 6.04 Å². The van der Waals surface area contributed by atoms with Gasteiger partial charge in [-0.25, -0.2) is 4.39 Å². The molecule has 2 N–H and O–H groups in total. The van der Waals surface area contributed by atoms with Crippen molar-refractivity contribution in [2.75, 3.05) is 20.8 Å². The zero-order valence-electron chi connectivity index (χ0n) is 10.7. The summed E-state index contributed by atoms with van der Waals surface area (Å²) in [6.07, 6.45) is 0.455. The van der Waals surface area contributed by atoms with Crippen LogP contribution in [0.25, 0.3) is 0 Å². The molecule has 0 aliphatic heterocycles. The van der Waals surface area contributed by atoms with Crippen LogP contribution in [0.5, 0.6) is 0 Å². The number of nitrogens with zero attached hydrogens (tertiary/aromatic N) is 1. The Morgan fingerprint density at radius 3 is 2.78 bits per heavy atom. The van der Waals surface area contributed by atoms with Crippen LogP contribution in [0.4, 0.5) is 4.39 Å². The highest BCUT2D eigenvalue weighted by Gasteiger charge is 2.18. The minimum atomic E-state index is -0.610. The molecule has 0 aromatic heterocycles. The molecule has 0 saturated heterocycles.